The lowest BCUT2D eigenvalue weighted by molar-refractivity contribution is -0.129. The Hall–Kier alpha value is -2.37. The Morgan fingerprint density at radius 3 is 2.37 bits per heavy atom. The highest BCUT2D eigenvalue weighted by Gasteiger charge is 2.55. The number of para-hydroxylation sites is 1. The third-order valence-corrected chi connectivity index (χ3v) is 8.49. The average molecular weight is 408 g/mol. The summed E-state index contributed by atoms with van der Waals surface area (Å²) in [5, 5.41) is 3.39. The first kappa shape index (κ1) is 18.4. The molecule has 6 nitrogen and oxygen atoms in total. The zero-order valence-electron chi connectivity index (χ0n) is 17.5. The summed E-state index contributed by atoms with van der Waals surface area (Å²) in [6.07, 6.45) is 8.18. The van der Waals surface area contributed by atoms with E-state index in [0.717, 1.165) is 37.0 Å². The number of carbonyl (C=O) groups excluding carboxylic acids is 3. The summed E-state index contributed by atoms with van der Waals surface area (Å²) in [7, 11) is 0. The summed E-state index contributed by atoms with van der Waals surface area (Å²) in [5.74, 6) is 2.04. The molecule has 1 saturated heterocycles. The molecule has 4 bridgehead atoms. The van der Waals surface area contributed by atoms with E-state index in [9.17, 15) is 14.4 Å². The van der Waals surface area contributed by atoms with E-state index >= 15 is 0 Å². The maximum Gasteiger partial charge on any atom is 0.258 e. The lowest BCUT2D eigenvalue weighted by Gasteiger charge is -2.57. The highest BCUT2D eigenvalue weighted by atomic mass is 16.2. The van der Waals surface area contributed by atoms with Crippen LogP contribution in [0.1, 0.15) is 68.6 Å². The molecule has 158 valence electrons. The third-order valence-electron chi connectivity index (χ3n) is 8.49. The summed E-state index contributed by atoms with van der Waals surface area (Å²) in [5.41, 5.74) is 0.328. The predicted octanol–water partition coefficient (Wildman–Crippen LogP) is 3.07. The lowest BCUT2D eigenvalue weighted by Crippen LogP contribution is -2.66. The molecule has 3 amide bonds. The molecule has 0 spiro atoms. The van der Waals surface area contributed by atoms with Crippen LogP contribution < -0.4 is 10.2 Å². The smallest absolute Gasteiger partial charge is 0.258 e. The fourth-order valence-electron chi connectivity index (χ4n) is 7.68. The number of benzene rings is 1. The largest absolute Gasteiger partial charge is 0.349 e. The number of amides is 3. The molecule has 1 aromatic carbocycles. The van der Waals surface area contributed by atoms with Crippen molar-refractivity contribution >= 4 is 23.4 Å². The normalized spacial score (nSPS) is 38.6. The third kappa shape index (κ3) is 2.51. The van der Waals surface area contributed by atoms with Crippen LogP contribution in [0.2, 0.25) is 0 Å². The Bertz CT molecular complexity index is 921. The molecular formula is C24H29N3O3. The van der Waals surface area contributed by atoms with E-state index in [4.69, 9.17) is 0 Å². The summed E-state index contributed by atoms with van der Waals surface area (Å²) in [6.45, 7) is 1.93. The van der Waals surface area contributed by atoms with Crippen molar-refractivity contribution in [2.75, 3.05) is 11.4 Å². The van der Waals surface area contributed by atoms with Crippen LogP contribution >= 0.6 is 0 Å². The van der Waals surface area contributed by atoms with Crippen LogP contribution in [0, 0.1) is 17.8 Å². The van der Waals surface area contributed by atoms with Gasteiger partial charge in [-0.25, -0.2) is 0 Å². The van der Waals surface area contributed by atoms with Gasteiger partial charge in [0, 0.05) is 12.0 Å². The Labute approximate surface area is 177 Å². The molecule has 2 aliphatic heterocycles. The minimum absolute atomic E-state index is 0.00912. The first-order valence-electron chi connectivity index (χ1n) is 11.4. The van der Waals surface area contributed by atoms with Gasteiger partial charge in [-0.05, 0) is 81.8 Å². The molecule has 5 fully saturated rings. The van der Waals surface area contributed by atoms with Gasteiger partial charge in [0.15, 0.2) is 0 Å². The molecule has 1 atom stereocenters. The van der Waals surface area contributed by atoms with Gasteiger partial charge in [0.05, 0.1) is 11.3 Å². The van der Waals surface area contributed by atoms with Crippen molar-refractivity contribution in [1.29, 1.82) is 0 Å². The van der Waals surface area contributed by atoms with Gasteiger partial charge in [0.2, 0.25) is 11.8 Å². The van der Waals surface area contributed by atoms with Crippen molar-refractivity contribution in [3.8, 4) is 0 Å². The SMILES string of the molecule is CC12CCC(=O)N1c1ccccc1C(=O)N2CC(=O)NC12CC3CC(CC(C3)C1)C2. The van der Waals surface area contributed by atoms with Gasteiger partial charge >= 0.3 is 0 Å². The standard InChI is InChI=1S/C24H29N3O3/c1-23-7-6-21(29)27(23)19-5-3-2-4-18(19)22(30)26(23)14-20(28)25-24-11-15-8-16(12-24)10-17(9-15)13-24/h2-5,15-17H,6-14H2,1H3,(H,25,28). The molecular weight excluding hydrogens is 378 g/mol. The number of carbonyl (C=O) groups is 3. The second-order valence-electron chi connectivity index (χ2n) is 10.6. The number of fused-ring (bicyclic) bond motifs is 3. The second kappa shape index (κ2) is 6.08. The molecule has 2 heterocycles. The summed E-state index contributed by atoms with van der Waals surface area (Å²) >= 11 is 0. The minimum Gasteiger partial charge on any atom is -0.349 e. The summed E-state index contributed by atoms with van der Waals surface area (Å²) < 4.78 is 0. The van der Waals surface area contributed by atoms with Crippen molar-refractivity contribution in [2.24, 2.45) is 17.8 Å². The Morgan fingerprint density at radius 2 is 1.70 bits per heavy atom. The first-order valence-corrected chi connectivity index (χ1v) is 11.4. The van der Waals surface area contributed by atoms with Gasteiger partial charge in [-0.3, -0.25) is 19.3 Å². The van der Waals surface area contributed by atoms with Gasteiger partial charge in [0.1, 0.15) is 12.2 Å². The van der Waals surface area contributed by atoms with Gasteiger partial charge in [-0.2, -0.15) is 0 Å². The molecule has 4 saturated carbocycles. The first-order chi connectivity index (χ1) is 14.4. The fraction of sp³-hybridized carbons (Fsp3) is 0.625. The number of hydrogen-bond acceptors (Lipinski definition) is 3. The van der Waals surface area contributed by atoms with Crippen molar-refractivity contribution in [1.82, 2.24) is 10.2 Å². The topological polar surface area (TPSA) is 69.7 Å². The molecule has 1 aromatic rings. The van der Waals surface area contributed by atoms with E-state index in [0.29, 0.717) is 24.1 Å². The summed E-state index contributed by atoms with van der Waals surface area (Å²) in [6, 6.07) is 7.26. The quantitative estimate of drug-likeness (QED) is 0.837. The van der Waals surface area contributed by atoms with Crippen LogP contribution in [0.3, 0.4) is 0 Å². The van der Waals surface area contributed by atoms with Crippen LogP contribution in [-0.2, 0) is 9.59 Å². The van der Waals surface area contributed by atoms with E-state index in [2.05, 4.69) is 5.32 Å². The van der Waals surface area contributed by atoms with Crippen LogP contribution in [0.4, 0.5) is 5.69 Å². The highest BCUT2D eigenvalue weighted by molar-refractivity contribution is 6.11. The molecule has 30 heavy (non-hydrogen) atoms. The van der Waals surface area contributed by atoms with Gasteiger partial charge in [-0.15, -0.1) is 0 Å². The average Bonchev–Trinajstić information content (AvgIpc) is 2.99. The van der Waals surface area contributed by atoms with Crippen molar-refractivity contribution in [3.63, 3.8) is 0 Å². The Kier molecular flexibility index (Phi) is 3.73. The number of nitrogens with one attached hydrogen (secondary N) is 1. The maximum absolute atomic E-state index is 13.4. The molecule has 6 aliphatic rings. The van der Waals surface area contributed by atoms with Crippen LogP contribution in [0.15, 0.2) is 24.3 Å². The Balaban J connectivity index is 1.27. The molecule has 7 rings (SSSR count). The van der Waals surface area contributed by atoms with Gasteiger partial charge in [-0.1, -0.05) is 12.1 Å². The minimum atomic E-state index is -0.776. The van der Waals surface area contributed by atoms with E-state index in [1.54, 1.807) is 15.9 Å². The lowest BCUT2D eigenvalue weighted by atomic mass is 9.53. The monoisotopic (exact) mass is 407 g/mol. The number of anilines is 1. The molecule has 1 N–H and O–H groups in total. The fourth-order valence-corrected chi connectivity index (χ4v) is 7.68. The summed E-state index contributed by atoms with van der Waals surface area (Å²) in [4.78, 5) is 42.7. The van der Waals surface area contributed by atoms with Crippen molar-refractivity contribution < 1.29 is 14.4 Å². The zero-order chi connectivity index (χ0) is 20.7. The second-order valence-corrected chi connectivity index (χ2v) is 10.6. The van der Waals surface area contributed by atoms with Crippen LogP contribution in [-0.4, -0.2) is 40.4 Å². The highest BCUT2D eigenvalue weighted by Crippen LogP contribution is 2.55. The van der Waals surface area contributed by atoms with Crippen molar-refractivity contribution in [2.45, 2.75) is 69.5 Å². The van der Waals surface area contributed by atoms with Gasteiger partial charge in [0.25, 0.3) is 5.91 Å². The van der Waals surface area contributed by atoms with E-state index < -0.39 is 5.66 Å². The van der Waals surface area contributed by atoms with Gasteiger partial charge < -0.3 is 10.2 Å². The number of rotatable bonds is 3. The molecule has 0 radical (unpaired) electrons. The molecule has 4 aliphatic carbocycles. The zero-order valence-corrected chi connectivity index (χ0v) is 17.5. The maximum atomic E-state index is 13.4. The van der Waals surface area contributed by atoms with Crippen molar-refractivity contribution in [3.05, 3.63) is 29.8 Å². The molecule has 0 aromatic heterocycles. The predicted molar refractivity (Wildman–Crippen MR) is 112 cm³/mol. The van der Waals surface area contributed by atoms with Crippen LogP contribution in [0.25, 0.3) is 0 Å². The molecule has 1 unspecified atom stereocenters. The number of nitrogens with zero attached hydrogens (tertiary/aromatic N) is 2. The van der Waals surface area contributed by atoms with Crippen LogP contribution in [0.5, 0.6) is 0 Å². The molecule has 6 heteroatoms. The Morgan fingerprint density at radius 1 is 1.07 bits per heavy atom. The van der Waals surface area contributed by atoms with E-state index in [1.165, 1.54) is 19.3 Å². The van der Waals surface area contributed by atoms with E-state index in [-0.39, 0.29) is 29.8 Å². The van der Waals surface area contributed by atoms with E-state index in [1.807, 2.05) is 25.1 Å². The number of hydrogen-bond donors (Lipinski definition) is 1.